The lowest BCUT2D eigenvalue weighted by molar-refractivity contribution is -0.130. The molecule has 0 aliphatic rings. The summed E-state index contributed by atoms with van der Waals surface area (Å²) in [4.78, 5) is 23.7. The number of nitrogens with two attached hydrogens (primary N) is 1. The van der Waals surface area contributed by atoms with Gasteiger partial charge >= 0.3 is 6.03 Å². The predicted molar refractivity (Wildman–Crippen MR) is 63.5 cm³/mol. The summed E-state index contributed by atoms with van der Waals surface area (Å²) in [5.41, 5.74) is 5.10. The van der Waals surface area contributed by atoms with Gasteiger partial charge in [-0.2, -0.15) is 0 Å². The number of carbonyl (C=O) groups excluding carboxylic acids is 2. The van der Waals surface area contributed by atoms with Gasteiger partial charge in [-0.1, -0.05) is 25.1 Å². The Balaban J connectivity index is 2.50. The molecule has 0 aliphatic heterocycles. The average molecular weight is 236 g/mol. The Kier molecular flexibility index (Phi) is 5.00. The van der Waals surface area contributed by atoms with E-state index in [0.29, 0.717) is 18.7 Å². The zero-order valence-electron chi connectivity index (χ0n) is 9.76. The second-order valence-corrected chi connectivity index (χ2v) is 3.49. The number of rotatable bonds is 5. The van der Waals surface area contributed by atoms with Crippen LogP contribution in [0.4, 0.5) is 4.79 Å². The smallest absolute Gasteiger partial charge is 0.321 e. The summed E-state index contributed by atoms with van der Waals surface area (Å²) in [5, 5.41) is 0. The first-order chi connectivity index (χ1) is 8.15. The average Bonchev–Trinajstić information content (AvgIpc) is 2.34. The second kappa shape index (κ2) is 6.52. The monoisotopic (exact) mass is 236 g/mol. The third kappa shape index (κ3) is 4.14. The highest BCUT2D eigenvalue weighted by Gasteiger charge is 2.17. The van der Waals surface area contributed by atoms with Crippen molar-refractivity contribution in [1.82, 2.24) is 4.90 Å². The number of hydrogen-bond donors (Lipinski definition) is 1. The number of primary amides is 1. The van der Waals surface area contributed by atoms with E-state index in [1.54, 1.807) is 24.3 Å². The van der Waals surface area contributed by atoms with E-state index in [1.807, 2.05) is 13.0 Å². The summed E-state index contributed by atoms with van der Waals surface area (Å²) in [6.45, 7) is 1.99. The molecule has 0 bridgehead atoms. The predicted octanol–water partition coefficient (Wildman–Crippen LogP) is 1.38. The van der Waals surface area contributed by atoms with E-state index in [9.17, 15) is 9.59 Å². The molecule has 1 rings (SSSR count). The number of nitrogens with zero attached hydrogens (tertiary/aromatic N) is 1. The molecule has 17 heavy (non-hydrogen) atoms. The molecule has 0 radical (unpaired) electrons. The van der Waals surface area contributed by atoms with Crippen LogP contribution in [0.25, 0.3) is 0 Å². The molecular weight excluding hydrogens is 220 g/mol. The van der Waals surface area contributed by atoms with E-state index in [1.165, 1.54) is 0 Å². The van der Waals surface area contributed by atoms with Crippen LogP contribution in [0.15, 0.2) is 30.3 Å². The lowest BCUT2D eigenvalue weighted by Gasteiger charge is -2.17. The Morgan fingerprint density at radius 2 is 1.94 bits per heavy atom. The number of urea groups is 1. The molecule has 0 fully saturated rings. The van der Waals surface area contributed by atoms with Crippen molar-refractivity contribution in [1.29, 1.82) is 0 Å². The molecule has 0 saturated carbocycles. The fourth-order valence-corrected chi connectivity index (χ4v) is 1.32. The third-order valence-electron chi connectivity index (χ3n) is 2.12. The van der Waals surface area contributed by atoms with Crippen molar-refractivity contribution in [2.75, 3.05) is 13.2 Å². The molecule has 1 aromatic rings. The minimum absolute atomic E-state index is 0.188. The van der Waals surface area contributed by atoms with Crippen molar-refractivity contribution < 1.29 is 14.3 Å². The van der Waals surface area contributed by atoms with E-state index in [-0.39, 0.29) is 6.61 Å². The van der Waals surface area contributed by atoms with E-state index >= 15 is 0 Å². The van der Waals surface area contributed by atoms with Gasteiger partial charge in [0.05, 0.1) is 0 Å². The number of amides is 3. The van der Waals surface area contributed by atoms with Gasteiger partial charge < -0.3 is 10.5 Å². The molecule has 0 aliphatic carbocycles. The molecular formula is C12H16N2O3. The Morgan fingerprint density at radius 1 is 1.29 bits per heavy atom. The molecule has 0 spiro atoms. The highest BCUT2D eigenvalue weighted by Crippen LogP contribution is 2.08. The second-order valence-electron chi connectivity index (χ2n) is 3.49. The molecule has 0 aromatic heterocycles. The highest BCUT2D eigenvalue weighted by atomic mass is 16.5. The molecule has 2 N–H and O–H groups in total. The number of para-hydroxylation sites is 1. The minimum Gasteiger partial charge on any atom is -0.484 e. The van der Waals surface area contributed by atoms with Gasteiger partial charge in [0.15, 0.2) is 6.61 Å². The molecule has 5 nitrogen and oxygen atoms in total. The molecule has 92 valence electrons. The van der Waals surface area contributed by atoms with Crippen molar-refractivity contribution in [2.45, 2.75) is 13.3 Å². The Labute approximate surface area is 100 Å². The largest absolute Gasteiger partial charge is 0.484 e. The van der Waals surface area contributed by atoms with Crippen LogP contribution >= 0.6 is 0 Å². The van der Waals surface area contributed by atoms with E-state index in [0.717, 1.165) is 4.90 Å². The number of carbonyl (C=O) groups is 2. The van der Waals surface area contributed by atoms with Gasteiger partial charge in [0.25, 0.3) is 5.91 Å². The quantitative estimate of drug-likeness (QED) is 0.839. The normalized spacial score (nSPS) is 9.71. The highest BCUT2D eigenvalue weighted by molar-refractivity contribution is 5.94. The van der Waals surface area contributed by atoms with Crippen LogP contribution in [0.1, 0.15) is 13.3 Å². The summed E-state index contributed by atoms with van der Waals surface area (Å²) in [6, 6.07) is 8.19. The molecule has 0 heterocycles. The van der Waals surface area contributed by atoms with E-state index in [4.69, 9.17) is 10.5 Å². The Bertz CT molecular complexity index is 379. The SMILES string of the molecule is CCCN(C(N)=O)C(=O)COc1ccccc1. The van der Waals surface area contributed by atoms with Crippen LogP contribution < -0.4 is 10.5 Å². The summed E-state index contributed by atoms with van der Waals surface area (Å²) in [7, 11) is 0. The van der Waals surface area contributed by atoms with Crippen LogP contribution in [0.2, 0.25) is 0 Å². The van der Waals surface area contributed by atoms with Crippen LogP contribution in [0.3, 0.4) is 0 Å². The fourth-order valence-electron chi connectivity index (χ4n) is 1.32. The standard InChI is InChI=1S/C12H16N2O3/c1-2-8-14(12(13)16)11(15)9-17-10-6-4-3-5-7-10/h3-7H,2,8-9H2,1H3,(H2,13,16). The number of ether oxygens (including phenoxy) is 1. The molecule has 0 unspecified atom stereocenters. The van der Waals surface area contributed by atoms with Crippen LogP contribution in [-0.4, -0.2) is 30.0 Å². The lowest BCUT2D eigenvalue weighted by Crippen LogP contribution is -2.43. The van der Waals surface area contributed by atoms with E-state index < -0.39 is 11.9 Å². The molecule has 3 amide bonds. The lowest BCUT2D eigenvalue weighted by atomic mass is 10.3. The van der Waals surface area contributed by atoms with Crippen molar-refractivity contribution in [3.63, 3.8) is 0 Å². The topological polar surface area (TPSA) is 72.6 Å². The summed E-state index contributed by atoms with van der Waals surface area (Å²) < 4.78 is 5.25. The van der Waals surface area contributed by atoms with Crippen molar-refractivity contribution in [3.05, 3.63) is 30.3 Å². The van der Waals surface area contributed by atoms with Crippen LogP contribution in [0, 0.1) is 0 Å². The first-order valence-electron chi connectivity index (χ1n) is 5.42. The van der Waals surface area contributed by atoms with Gasteiger partial charge in [0.1, 0.15) is 5.75 Å². The maximum absolute atomic E-state index is 11.6. The number of benzene rings is 1. The summed E-state index contributed by atoms with van der Waals surface area (Å²) in [6.07, 6.45) is 0.667. The van der Waals surface area contributed by atoms with Crippen LogP contribution in [0.5, 0.6) is 5.75 Å². The summed E-state index contributed by atoms with van der Waals surface area (Å²) in [5.74, 6) is 0.157. The van der Waals surface area contributed by atoms with Gasteiger partial charge in [0, 0.05) is 6.54 Å². The molecule has 1 aromatic carbocycles. The van der Waals surface area contributed by atoms with Crippen LogP contribution in [-0.2, 0) is 4.79 Å². The van der Waals surface area contributed by atoms with Gasteiger partial charge in [-0.05, 0) is 18.6 Å². The molecule has 0 saturated heterocycles. The Hall–Kier alpha value is -2.04. The van der Waals surface area contributed by atoms with Gasteiger partial charge in [-0.3, -0.25) is 9.69 Å². The third-order valence-corrected chi connectivity index (χ3v) is 2.12. The first-order valence-corrected chi connectivity index (χ1v) is 5.42. The van der Waals surface area contributed by atoms with Gasteiger partial charge in [-0.25, -0.2) is 4.79 Å². The van der Waals surface area contributed by atoms with Crippen molar-refractivity contribution in [3.8, 4) is 5.75 Å². The van der Waals surface area contributed by atoms with Gasteiger partial charge in [0.2, 0.25) is 0 Å². The minimum atomic E-state index is -0.742. The van der Waals surface area contributed by atoms with Crippen molar-refractivity contribution >= 4 is 11.9 Å². The van der Waals surface area contributed by atoms with Crippen molar-refractivity contribution in [2.24, 2.45) is 5.73 Å². The zero-order chi connectivity index (χ0) is 12.7. The molecule has 0 atom stereocenters. The number of hydrogen-bond acceptors (Lipinski definition) is 3. The van der Waals surface area contributed by atoms with E-state index in [2.05, 4.69) is 0 Å². The fraction of sp³-hybridized carbons (Fsp3) is 0.333. The maximum Gasteiger partial charge on any atom is 0.321 e. The Morgan fingerprint density at radius 3 is 2.47 bits per heavy atom. The van der Waals surface area contributed by atoms with Gasteiger partial charge in [-0.15, -0.1) is 0 Å². The molecule has 5 heteroatoms. The summed E-state index contributed by atoms with van der Waals surface area (Å²) >= 11 is 0. The number of imide groups is 1. The zero-order valence-corrected chi connectivity index (χ0v) is 9.76. The first kappa shape index (κ1) is 13.0. The maximum atomic E-state index is 11.6.